The summed E-state index contributed by atoms with van der Waals surface area (Å²) in [5.41, 5.74) is 6.40. The number of nitrogens with zero attached hydrogens (tertiary/aromatic N) is 4. The fraction of sp³-hybridized carbons (Fsp3) is 0.615. The van der Waals surface area contributed by atoms with Crippen molar-refractivity contribution in [2.24, 2.45) is 5.73 Å². The molecule has 1 aliphatic heterocycles. The van der Waals surface area contributed by atoms with Crippen LogP contribution in [0, 0.1) is 6.92 Å². The first kappa shape index (κ1) is 13.7. The molecule has 0 bridgehead atoms. The van der Waals surface area contributed by atoms with Gasteiger partial charge in [-0.25, -0.2) is 0 Å². The minimum absolute atomic E-state index is 0.267. The molecular weight excluding hydrogens is 242 g/mol. The van der Waals surface area contributed by atoms with Crippen molar-refractivity contribution < 1.29 is 4.79 Å². The van der Waals surface area contributed by atoms with E-state index in [-0.39, 0.29) is 11.9 Å². The molecule has 0 radical (unpaired) electrons. The molecule has 0 aliphatic carbocycles. The van der Waals surface area contributed by atoms with Gasteiger partial charge in [0.05, 0.1) is 5.69 Å². The lowest BCUT2D eigenvalue weighted by atomic mass is 10.1. The highest BCUT2D eigenvalue weighted by molar-refractivity contribution is 5.81. The van der Waals surface area contributed by atoms with Gasteiger partial charge in [-0.2, -0.15) is 5.10 Å². The highest BCUT2D eigenvalue weighted by Crippen LogP contribution is 2.18. The molecule has 2 N–H and O–H groups in total. The van der Waals surface area contributed by atoms with Crippen molar-refractivity contribution in [2.75, 3.05) is 24.5 Å². The van der Waals surface area contributed by atoms with Crippen LogP contribution in [0.15, 0.2) is 12.1 Å². The maximum absolute atomic E-state index is 11.6. The number of primary amides is 1. The molecule has 6 nitrogen and oxygen atoms in total. The summed E-state index contributed by atoms with van der Waals surface area (Å²) in [5.74, 6) is 0.527. The fourth-order valence-corrected chi connectivity index (χ4v) is 2.44. The van der Waals surface area contributed by atoms with Crippen molar-refractivity contribution in [1.29, 1.82) is 0 Å². The number of carbonyl (C=O) groups excluding carboxylic acids is 1. The second-order valence-electron chi connectivity index (χ2n) is 5.23. The lowest BCUT2D eigenvalue weighted by Crippen LogP contribution is -2.60. The highest BCUT2D eigenvalue weighted by atomic mass is 16.1. The van der Waals surface area contributed by atoms with Crippen LogP contribution in [0.1, 0.15) is 19.5 Å². The molecule has 0 saturated carbocycles. The molecular formula is C13H21N5O. The third-order valence-electron chi connectivity index (χ3n) is 3.52. The van der Waals surface area contributed by atoms with Gasteiger partial charge < -0.3 is 10.6 Å². The van der Waals surface area contributed by atoms with Gasteiger partial charge >= 0.3 is 0 Å². The molecule has 1 fully saturated rings. The zero-order valence-corrected chi connectivity index (χ0v) is 11.7. The number of aromatic nitrogens is 2. The SMILES string of the molecule is Cc1ccc(N2CCN(C(C)C)[C@H](C(N)=O)C2)nn1. The Labute approximate surface area is 113 Å². The van der Waals surface area contributed by atoms with Crippen molar-refractivity contribution >= 4 is 11.7 Å². The van der Waals surface area contributed by atoms with Gasteiger partial charge in [0.25, 0.3) is 0 Å². The molecule has 0 unspecified atom stereocenters. The maximum atomic E-state index is 11.6. The minimum atomic E-state index is -0.279. The van der Waals surface area contributed by atoms with Crippen molar-refractivity contribution in [3.05, 3.63) is 17.8 Å². The molecule has 0 aromatic carbocycles. The van der Waals surface area contributed by atoms with Gasteiger partial charge in [-0.3, -0.25) is 9.69 Å². The van der Waals surface area contributed by atoms with Crippen LogP contribution in [0.25, 0.3) is 0 Å². The van der Waals surface area contributed by atoms with Gasteiger partial charge in [-0.05, 0) is 32.9 Å². The summed E-state index contributed by atoms with van der Waals surface area (Å²) >= 11 is 0. The quantitative estimate of drug-likeness (QED) is 0.841. The van der Waals surface area contributed by atoms with Gasteiger partial charge in [0.1, 0.15) is 6.04 Å². The van der Waals surface area contributed by atoms with Crippen LogP contribution in [0.5, 0.6) is 0 Å². The lowest BCUT2D eigenvalue weighted by Gasteiger charge is -2.42. The zero-order chi connectivity index (χ0) is 14.0. The van der Waals surface area contributed by atoms with E-state index in [2.05, 4.69) is 33.8 Å². The summed E-state index contributed by atoms with van der Waals surface area (Å²) in [6, 6.07) is 3.91. The van der Waals surface area contributed by atoms with Gasteiger partial charge in [0, 0.05) is 25.7 Å². The van der Waals surface area contributed by atoms with Crippen LogP contribution in [0.2, 0.25) is 0 Å². The maximum Gasteiger partial charge on any atom is 0.236 e. The third kappa shape index (κ3) is 3.01. The van der Waals surface area contributed by atoms with Crippen molar-refractivity contribution in [2.45, 2.75) is 32.9 Å². The summed E-state index contributed by atoms with van der Waals surface area (Å²) in [7, 11) is 0. The topological polar surface area (TPSA) is 75.3 Å². The molecule has 0 spiro atoms. The first-order valence-electron chi connectivity index (χ1n) is 6.59. The fourth-order valence-electron chi connectivity index (χ4n) is 2.44. The third-order valence-corrected chi connectivity index (χ3v) is 3.52. The monoisotopic (exact) mass is 263 g/mol. The number of nitrogens with two attached hydrogens (primary N) is 1. The average molecular weight is 263 g/mol. The largest absolute Gasteiger partial charge is 0.368 e. The number of rotatable bonds is 3. The van der Waals surface area contributed by atoms with E-state index in [1.165, 1.54) is 0 Å². The van der Waals surface area contributed by atoms with Crippen LogP contribution in [0.4, 0.5) is 5.82 Å². The van der Waals surface area contributed by atoms with Crippen LogP contribution < -0.4 is 10.6 Å². The Balaban J connectivity index is 2.14. The van der Waals surface area contributed by atoms with E-state index in [4.69, 9.17) is 5.73 Å². The number of hydrogen-bond acceptors (Lipinski definition) is 5. The molecule has 104 valence electrons. The Morgan fingerprint density at radius 3 is 2.63 bits per heavy atom. The summed E-state index contributed by atoms with van der Waals surface area (Å²) in [5, 5.41) is 8.23. The Hall–Kier alpha value is -1.69. The number of anilines is 1. The molecule has 2 rings (SSSR count). The predicted molar refractivity (Wildman–Crippen MR) is 73.8 cm³/mol. The Morgan fingerprint density at radius 1 is 1.37 bits per heavy atom. The van der Waals surface area contributed by atoms with Crippen LogP contribution in [-0.2, 0) is 4.79 Å². The summed E-state index contributed by atoms with van der Waals surface area (Å²) in [6.45, 7) is 8.28. The van der Waals surface area contributed by atoms with Crippen molar-refractivity contribution in [3.8, 4) is 0 Å². The molecule has 1 aromatic rings. The molecule has 19 heavy (non-hydrogen) atoms. The smallest absolute Gasteiger partial charge is 0.236 e. The first-order chi connectivity index (χ1) is 8.99. The predicted octanol–water partition coefficient (Wildman–Crippen LogP) is 0.169. The Morgan fingerprint density at radius 2 is 2.11 bits per heavy atom. The van der Waals surface area contributed by atoms with E-state index in [0.717, 1.165) is 24.6 Å². The van der Waals surface area contributed by atoms with Crippen LogP contribution >= 0.6 is 0 Å². The summed E-state index contributed by atoms with van der Waals surface area (Å²) < 4.78 is 0. The van der Waals surface area contributed by atoms with E-state index in [9.17, 15) is 4.79 Å². The van der Waals surface area contributed by atoms with E-state index in [1.807, 2.05) is 19.1 Å². The molecule has 6 heteroatoms. The molecule has 1 amide bonds. The Bertz CT molecular complexity index is 445. The van der Waals surface area contributed by atoms with Gasteiger partial charge in [0.15, 0.2) is 5.82 Å². The normalized spacial score (nSPS) is 20.8. The highest BCUT2D eigenvalue weighted by Gasteiger charge is 2.32. The molecule has 1 aliphatic rings. The van der Waals surface area contributed by atoms with E-state index < -0.39 is 0 Å². The summed E-state index contributed by atoms with van der Waals surface area (Å²) in [4.78, 5) is 15.8. The van der Waals surface area contributed by atoms with E-state index >= 15 is 0 Å². The van der Waals surface area contributed by atoms with Crippen molar-refractivity contribution in [1.82, 2.24) is 15.1 Å². The number of piperazine rings is 1. The van der Waals surface area contributed by atoms with Crippen molar-refractivity contribution in [3.63, 3.8) is 0 Å². The first-order valence-corrected chi connectivity index (χ1v) is 6.59. The zero-order valence-electron chi connectivity index (χ0n) is 11.7. The number of amides is 1. The second-order valence-corrected chi connectivity index (χ2v) is 5.23. The second kappa shape index (κ2) is 5.52. The minimum Gasteiger partial charge on any atom is -0.368 e. The van der Waals surface area contributed by atoms with Crippen LogP contribution in [0.3, 0.4) is 0 Å². The summed E-state index contributed by atoms with van der Waals surface area (Å²) in [6.07, 6.45) is 0. The number of hydrogen-bond donors (Lipinski definition) is 1. The molecule has 1 aromatic heterocycles. The Kier molecular flexibility index (Phi) is 3.99. The lowest BCUT2D eigenvalue weighted by molar-refractivity contribution is -0.124. The average Bonchev–Trinajstić information content (AvgIpc) is 2.38. The van der Waals surface area contributed by atoms with E-state index in [0.29, 0.717) is 12.6 Å². The molecule has 1 saturated heterocycles. The number of aryl methyl sites for hydroxylation is 1. The standard InChI is InChI=1S/C13H21N5O/c1-9(2)18-7-6-17(8-11(18)13(14)19)12-5-4-10(3)15-16-12/h4-5,9,11H,6-8H2,1-3H3,(H2,14,19)/t11-/m0/s1. The van der Waals surface area contributed by atoms with E-state index in [1.54, 1.807) is 0 Å². The van der Waals surface area contributed by atoms with Gasteiger partial charge in [0.2, 0.25) is 5.91 Å². The molecule has 1 atom stereocenters. The van der Waals surface area contributed by atoms with Crippen LogP contribution in [-0.4, -0.2) is 52.7 Å². The van der Waals surface area contributed by atoms with Gasteiger partial charge in [-0.15, -0.1) is 5.10 Å². The molecule has 2 heterocycles. The number of carbonyl (C=O) groups is 1. The van der Waals surface area contributed by atoms with Gasteiger partial charge in [-0.1, -0.05) is 0 Å².